The molecule has 1 atom stereocenters. The topological polar surface area (TPSA) is 54.3 Å². The van der Waals surface area contributed by atoms with Crippen LogP contribution in [0.4, 0.5) is 10.1 Å². The number of benzene rings is 2. The lowest BCUT2D eigenvalue weighted by Gasteiger charge is -2.42. The summed E-state index contributed by atoms with van der Waals surface area (Å²) >= 11 is 0. The van der Waals surface area contributed by atoms with Crippen molar-refractivity contribution in [3.05, 3.63) is 72.3 Å². The van der Waals surface area contributed by atoms with Crippen LogP contribution < -0.4 is 4.90 Å². The fourth-order valence-corrected chi connectivity index (χ4v) is 3.57. The number of nitrogens with zero attached hydrogens (tertiary/aromatic N) is 5. The highest BCUT2D eigenvalue weighted by molar-refractivity contribution is 5.92. The van der Waals surface area contributed by atoms with Gasteiger partial charge in [0.05, 0.1) is 11.9 Å². The summed E-state index contributed by atoms with van der Waals surface area (Å²) in [4.78, 5) is 17.2. The molecule has 2 heterocycles. The summed E-state index contributed by atoms with van der Waals surface area (Å²) in [6, 6.07) is 16.3. The molecule has 1 fully saturated rings. The summed E-state index contributed by atoms with van der Waals surface area (Å²) in [5.41, 5.74) is 2.14. The Hall–Kier alpha value is -3.22. The van der Waals surface area contributed by atoms with Crippen LogP contribution in [0.5, 0.6) is 0 Å². The fraction of sp³-hybridized carbons (Fsp3) is 0.286. The minimum atomic E-state index is -0.317. The Kier molecular flexibility index (Phi) is 5.06. The van der Waals surface area contributed by atoms with Crippen molar-refractivity contribution in [2.75, 3.05) is 24.5 Å². The molecule has 0 spiro atoms. The smallest absolute Gasteiger partial charge is 0.276 e. The average molecular weight is 379 g/mol. The number of hydrogen-bond acceptors (Lipinski definition) is 4. The van der Waals surface area contributed by atoms with E-state index < -0.39 is 0 Å². The lowest BCUT2D eigenvalue weighted by Crippen LogP contribution is -2.55. The Labute approximate surface area is 163 Å². The second-order valence-corrected chi connectivity index (χ2v) is 6.87. The first-order chi connectivity index (χ1) is 13.7. The predicted molar refractivity (Wildman–Crippen MR) is 105 cm³/mol. The van der Waals surface area contributed by atoms with Crippen LogP contribution >= 0.6 is 0 Å². The maximum atomic E-state index is 13.1. The van der Waals surface area contributed by atoms with Gasteiger partial charge in [-0.05, 0) is 42.8 Å². The normalized spacial score (nSPS) is 17.0. The van der Waals surface area contributed by atoms with Crippen LogP contribution in [-0.2, 0) is 0 Å². The van der Waals surface area contributed by atoms with Crippen molar-refractivity contribution in [1.82, 2.24) is 19.9 Å². The van der Waals surface area contributed by atoms with Crippen molar-refractivity contribution in [2.24, 2.45) is 0 Å². The van der Waals surface area contributed by atoms with Crippen molar-refractivity contribution in [1.29, 1.82) is 0 Å². The molecule has 1 saturated heterocycles. The van der Waals surface area contributed by atoms with E-state index in [4.69, 9.17) is 0 Å². The Morgan fingerprint density at radius 1 is 1.07 bits per heavy atom. The van der Waals surface area contributed by atoms with Gasteiger partial charge in [0.1, 0.15) is 5.82 Å². The fourth-order valence-electron chi connectivity index (χ4n) is 3.57. The number of rotatable bonds is 4. The van der Waals surface area contributed by atoms with E-state index in [0.717, 1.165) is 19.5 Å². The van der Waals surface area contributed by atoms with Crippen molar-refractivity contribution >= 4 is 11.6 Å². The van der Waals surface area contributed by atoms with Gasteiger partial charge in [-0.3, -0.25) is 4.79 Å². The molecule has 1 aliphatic heterocycles. The van der Waals surface area contributed by atoms with Crippen LogP contribution in [0.2, 0.25) is 0 Å². The van der Waals surface area contributed by atoms with Crippen LogP contribution in [-0.4, -0.2) is 51.5 Å². The molecule has 0 saturated carbocycles. The van der Waals surface area contributed by atoms with Crippen molar-refractivity contribution in [3.8, 4) is 5.69 Å². The molecule has 1 aliphatic rings. The van der Waals surface area contributed by atoms with Crippen LogP contribution in [0.15, 0.2) is 60.8 Å². The predicted octanol–water partition coefficient (Wildman–Crippen LogP) is 3.15. The standard InChI is InChI=1S/C21H22FN5O/c1-2-17-14-25(18-6-4-3-5-7-18)12-13-26(17)21(28)20-15-27(24-23-20)19-10-8-16(22)9-11-19/h3-11,15,17H,2,12-14H2,1H3. The van der Waals surface area contributed by atoms with Crippen LogP contribution in [0.3, 0.4) is 0 Å². The molecule has 0 bridgehead atoms. The zero-order valence-electron chi connectivity index (χ0n) is 15.7. The van der Waals surface area contributed by atoms with E-state index in [1.54, 1.807) is 18.3 Å². The number of para-hydroxylation sites is 1. The summed E-state index contributed by atoms with van der Waals surface area (Å²) in [6.45, 7) is 4.29. The van der Waals surface area contributed by atoms with E-state index in [1.165, 1.54) is 22.5 Å². The number of anilines is 1. The number of carbonyl (C=O) groups excluding carboxylic acids is 1. The molecule has 0 radical (unpaired) electrons. The van der Waals surface area contributed by atoms with Gasteiger partial charge in [0.15, 0.2) is 5.69 Å². The minimum absolute atomic E-state index is 0.109. The average Bonchev–Trinajstić information content (AvgIpc) is 3.24. The molecule has 2 aromatic carbocycles. The quantitative estimate of drug-likeness (QED) is 0.699. The second kappa shape index (κ2) is 7.80. The van der Waals surface area contributed by atoms with Crippen LogP contribution in [0, 0.1) is 5.82 Å². The molecule has 0 aliphatic carbocycles. The zero-order valence-corrected chi connectivity index (χ0v) is 15.7. The van der Waals surface area contributed by atoms with Gasteiger partial charge in [0, 0.05) is 31.4 Å². The third-order valence-corrected chi connectivity index (χ3v) is 5.14. The van der Waals surface area contributed by atoms with Gasteiger partial charge in [0.2, 0.25) is 0 Å². The van der Waals surface area contributed by atoms with Gasteiger partial charge in [-0.2, -0.15) is 0 Å². The Bertz CT molecular complexity index is 941. The molecule has 1 aromatic heterocycles. The summed E-state index contributed by atoms with van der Waals surface area (Å²) in [7, 11) is 0. The Morgan fingerprint density at radius 2 is 1.82 bits per heavy atom. The van der Waals surface area contributed by atoms with E-state index in [1.807, 2.05) is 23.1 Å². The van der Waals surface area contributed by atoms with E-state index >= 15 is 0 Å². The summed E-state index contributed by atoms with van der Waals surface area (Å²) in [5, 5.41) is 8.08. The van der Waals surface area contributed by atoms with Gasteiger partial charge in [0.25, 0.3) is 5.91 Å². The molecule has 3 aromatic rings. The van der Waals surface area contributed by atoms with Crippen LogP contribution in [0.25, 0.3) is 5.69 Å². The van der Waals surface area contributed by atoms with E-state index in [0.29, 0.717) is 17.9 Å². The van der Waals surface area contributed by atoms with Crippen molar-refractivity contribution < 1.29 is 9.18 Å². The van der Waals surface area contributed by atoms with Gasteiger partial charge in [-0.25, -0.2) is 9.07 Å². The Balaban J connectivity index is 1.49. The molecule has 1 unspecified atom stereocenters. The summed E-state index contributed by atoms with van der Waals surface area (Å²) < 4.78 is 14.6. The van der Waals surface area contributed by atoms with Crippen molar-refractivity contribution in [2.45, 2.75) is 19.4 Å². The number of piperazine rings is 1. The first-order valence-corrected chi connectivity index (χ1v) is 9.45. The number of halogens is 1. The lowest BCUT2D eigenvalue weighted by atomic mass is 10.1. The molecular weight excluding hydrogens is 357 g/mol. The molecule has 4 rings (SSSR count). The third-order valence-electron chi connectivity index (χ3n) is 5.14. The molecule has 7 heteroatoms. The highest BCUT2D eigenvalue weighted by Crippen LogP contribution is 2.21. The number of aromatic nitrogens is 3. The number of amides is 1. The van der Waals surface area contributed by atoms with Gasteiger partial charge >= 0.3 is 0 Å². The molecule has 0 N–H and O–H groups in total. The largest absolute Gasteiger partial charge is 0.368 e. The molecule has 144 valence electrons. The molecule has 1 amide bonds. The maximum Gasteiger partial charge on any atom is 0.276 e. The lowest BCUT2D eigenvalue weighted by molar-refractivity contribution is 0.0645. The SMILES string of the molecule is CCC1CN(c2ccccc2)CCN1C(=O)c1cn(-c2ccc(F)cc2)nn1. The van der Waals surface area contributed by atoms with Crippen molar-refractivity contribution in [3.63, 3.8) is 0 Å². The van der Waals surface area contributed by atoms with Gasteiger partial charge in [-0.1, -0.05) is 30.3 Å². The Morgan fingerprint density at radius 3 is 2.54 bits per heavy atom. The number of hydrogen-bond donors (Lipinski definition) is 0. The highest BCUT2D eigenvalue weighted by Gasteiger charge is 2.31. The summed E-state index contributed by atoms with van der Waals surface area (Å²) in [5.74, 6) is -0.435. The molecular formula is C21H22FN5O. The first-order valence-electron chi connectivity index (χ1n) is 9.45. The van der Waals surface area contributed by atoms with Gasteiger partial charge in [-0.15, -0.1) is 5.10 Å². The van der Waals surface area contributed by atoms with E-state index in [-0.39, 0.29) is 17.8 Å². The monoisotopic (exact) mass is 379 g/mol. The summed E-state index contributed by atoms with van der Waals surface area (Å²) in [6.07, 6.45) is 2.47. The first kappa shape index (κ1) is 18.2. The highest BCUT2D eigenvalue weighted by atomic mass is 19.1. The van der Waals surface area contributed by atoms with Gasteiger partial charge < -0.3 is 9.80 Å². The second-order valence-electron chi connectivity index (χ2n) is 6.87. The maximum absolute atomic E-state index is 13.1. The van der Waals surface area contributed by atoms with Crippen LogP contribution in [0.1, 0.15) is 23.8 Å². The molecule has 6 nitrogen and oxygen atoms in total. The zero-order chi connectivity index (χ0) is 19.5. The van der Waals surface area contributed by atoms with E-state index in [9.17, 15) is 9.18 Å². The minimum Gasteiger partial charge on any atom is -0.368 e. The molecule has 28 heavy (non-hydrogen) atoms. The number of carbonyl (C=O) groups is 1. The third kappa shape index (κ3) is 3.60. The van der Waals surface area contributed by atoms with E-state index in [2.05, 4.69) is 34.3 Å².